The molecule has 0 heterocycles. The third-order valence-electron chi connectivity index (χ3n) is 3.75. The van der Waals surface area contributed by atoms with Crippen molar-refractivity contribution in [3.05, 3.63) is 83.9 Å². The van der Waals surface area contributed by atoms with E-state index in [1.807, 2.05) is 43.3 Å². The Morgan fingerprint density at radius 2 is 1.59 bits per heavy atom. The second kappa shape index (κ2) is 6.35. The fourth-order valence-corrected chi connectivity index (χ4v) is 2.55. The summed E-state index contributed by atoms with van der Waals surface area (Å²) < 4.78 is 0. The minimum absolute atomic E-state index is 0.0567. The molecule has 0 bridgehead atoms. The fourth-order valence-electron chi connectivity index (χ4n) is 2.55. The van der Waals surface area contributed by atoms with Crippen molar-refractivity contribution >= 4 is 22.8 Å². The Hall–Kier alpha value is -2.74. The summed E-state index contributed by atoms with van der Waals surface area (Å²) in [4.78, 5) is 16.5. The highest BCUT2D eigenvalue weighted by molar-refractivity contribution is 6.35. The molecule has 1 atom stereocenters. The fraction of sp³-hybridized carbons (Fsp3) is 0.100. The second-order valence-corrected chi connectivity index (χ2v) is 5.25. The smallest absolute Gasteiger partial charge is 0.203 e. The highest BCUT2D eigenvalue weighted by atomic mass is 16.1. The molecule has 3 aromatic rings. The number of hydrogen-bond donors (Lipinski definition) is 0. The summed E-state index contributed by atoms with van der Waals surface area (Å²) in [6.07, 6.45) is 1.43. The molecule has 0 aromatic heterocycles. The minimum atomic E-state index is -0.0623. The molecule has 3 rings (SSSR count). The van der Waals surface area contributed by atoms with Crippen LogP contribution in [0, 0.1) is 0 Å². The van der Waals surface area contributed by atoms with Gasteiger partial charge in [0.2, 0.25) is 5.78 Å². The summed E-state index contributed by atoms with van der Waals surface area (Å²) in [5, 5.41) is 2.37. The molecule has 2 heteroatoms. The summed E-state index contributed by atoms with van der Waals surface area (Å²) in [5.74, 6) is -0.0623. The van der Waals surface area contributed by atoms with Gasteiger partial charge >= 0.3 is 0 Å². The number of aliphatic imine (C=N–C) groups is 1. The van der Waals surface area contributed by atoms with Crippen molar-refractivity contribution in [1.29, 1.82) is 0 Å². The second-order valence-electron chi connectivity index (χ2n) is 5.25. The van der Waals surface area contributed by atoms with E-state index in [1.54, 1.807) is 12.1 Å². The summed E-state index contributed by atoms with van der Waals surface area (Å²) in [6, 6.07) is 23.6. The predicted octanol–water partition coefficient (Wildman–Crippen LogP) is 4.85. The maximum Gasteiger partial charge on any atom is 0.203 e. The highest BCUT2D eigenvalue weighted by Gasteiger charge is 2.08. The molecule has 0 radical (unpaired) electrons. The molecule has 0 amide bonds. The summed E-state index contributed by atoms with van der Waals surface area (Å²) in [7, 11) is 0. The van der Waals surface area contributed by atoms with Crippen molar-refractivity contribution in [3.8, 4) is 0 Å². The molecule has 0 saturated heterocycles. The van der Waals surface area contributed by atoms with Crippen molar-refractivity contribution in [1.82, 2.24) is 0 Å². The number of carbonyl (C=O) groups excluding carboxylic acids is 1. The average molecular weight is 287 g/mol. The van der Waals surface area contributed by atoms with Gasteiger partial charge in [-0.25, -0.2) is 0 Å². The first-order chi connectivity index (χ1) is 10.8. The van der Waals surface area contributed by atoms with Gasteiger partial charge in [-0.15, -0.1) is 0 Å². The highest BCUT2D eigenvalue weighted by Crippen LogP contribution is 2.26. The molecule has 0 spiro atoms. The zero-order valence-electron chi connectivity index (χ0n) is 12.4. The van der Waals surface area contributed by atoms with Crippen LogP contribution < -0.4 is 0 Å². The van der Waals surface area contributed by atoms with Crippen LogP contribution in [-0.4, -0.2) is 12.0 Å². The molecule has 0 saturated carbocycles. The lowest BCUT2D eigenvalue weighted by atomic mass is 10.00. The van der Waals surface area contributed by atoms with Gasteiger partial charge in [0.15, 0.2) is 0 Å². The quantitative estimate of drug-likeness (QED) is 0.498. The lowest BCUT2D eigenvalue weighted by Crippen LogP contribution is -2.01. The van der Waals surface area contributed by atoms with Gasteiger partial charge < -0.3 is 0 Å². The van der Waals surface area contributed by atoms with Gasteiger partial charge in [0, 0.05) is 5.56 Å². The molecule has 22 heavy (non-hydrogen) atoms. The molecule has 0 N–H and O–H groups in total. The van der Waals surface area contributed by atoms with Gasteiger partial charge in [-0.3, -0.25) is 9.79 Å². The molecule has 0 aliphatic carbocycles. The first-order valence-electron chi connectivity index (χ1n) is 7.36. The SMILES string of the molecule is CC(N=CC(=O)c1ccccc1)c1cccc2ccccc12. The van der Waals surface area contributed by atoms with Gasteiger partial charge in [-0.1, -0.05) is 72.8 Å². The van der Waals surface area contributed by atoms with E-state index in [4.69, 9.17) is 0 Å². The summed E-state index contributed by atoms with van der Waals surface area (Å²) in [5.41, 5.74) is 1.80. The molecule has 108 valence electrons. The number of fused-ring (bicyclic) bond motifs is 1. The van der Waals surface area contributed by atoms with E-state index in [-0.39, 0.29) is 11.8 Å². The van der Waals surface area contributed by atoms with Gasteiger partial charge in [0.05, 0.1) is 12.3 Å². The third kappa shape index (κ3) is 2.96. The number of benzene rings is 3. The van der Waals surface area contributed by atoms with Crippen molar-refractivity contribution in [3.63, 3.8) is 0 Å². The Balaban J connectivity index is 1.86. The molecule has 0 fully saturated rings. The third-order valence-corrected chi connectivity index (χ3v) is 3.75. The standard InChI is InChI=1S/C20H17NO/c1-15(21-14-20(22)17-9-3-2-4-10-17)18-13-7-11-16-8-5-6-12-19(16)18/h2-15H,1H3. The maximum absolute atomic E-state index is 12.1. The Bertz CT molecular complexity index is 816. The van der Waals surface area contributed by atoms with E-state index in [0.29, 0.717) is 5.56 Å². The topological polar surface area (TPSA) is 29.4 Å². The molecule has 2 nitrogen and oxygen atoms in total. The van der Waals surface area contributed by atoms with Crippen LogP contribution in [0.5, 0.6) is 0 Å². The van der Waals surface area contributed by atoms with Crippen molar-refractivity contribution in [2.45, 2.75) is 13.0 Å². The normalized spacial score (nSPS) is 12.6. The Kier molecular flexibility index (Phi) is 4.10. The van der Waals surface area contributed by atoms with Crippen molar-refractivity contribution < 1.29 is 4.79 Å². The molecular weight excluding hydrogens is 270 g/mol. The molecule has 3 aromatic carbocycles. The van der Waals surface area contributed by atoms with E-state index >= 15 is 0 Å². The Morgan fingerprint density at radius 1 is 0.909 bits per heavy atom. The molecular formula is C20H17NO. The first-order valence-corrected chi connectivity index (χ1v) is 7.36. The number of carbonyl (C=O) groups is 1. The number of nitrogens with zero attached hydrogens (tertiary/aromatic N) is 1. The first kappa shape index (κ1) is 14.2. The summed E-state index contributed by atoms with van der Waals surface area (Å²) in [6.45, 7) is 2.01. The van der Waals surface area contributed by atoms with Crippen LogP contribution in [0.15, 0.2) is 77.8 Å². The van der Waals surface area contributed by atoms with E-state index in [2.05, 4.69) is 29.3 Å². The van der Waals surface area contributed by atoms with Gasteiger partial charge in [0.1, 0.15) is 0 Å². The van der Waals surface area contributed by atoms with E-state index in [1.165, 1.54) is 17.0 Å². The number of Topliss-reactive ketones (excluding diaryl/α,β-unsaturated/α-hetero) is 1. The van der Waals surface area contributed by atoms with E-state index in [0.717, 1.165) is 5.56 Å². The minimum Gasteiger partial charge on any atom is -0.288 e. The van der Waals surface area contributed by atoms with Crippen LogP contribution in [-0.2, 0) is 0 Å². The van der Waals surface area contributed by atoms with Gasteiger partial charge in [-0.2, -0.15) is 0 Å². The lowest BCUT2D eigenvalue weighted by Gasteiger charge is -2.10. The van der Waals surface area contributed by atoms with Gasteiger partial charge in [0.25, 0.3) is 0 Å². The van der Waals surface area contributed by atoms with E-state index in [9.17, 15) is 4.79 Å². The number of rotatable bonds is 4. The van der Waals surface area contributed by atoms with Crippen molar-refractivity contribution in [2.24, 2.45) is 4.99 Å². The lowest BCUT2D eigenvalue weighted by molar-refractivity contribution is 0.107. The Labute approximate surface area is 130 Å². The van der Waals surface area contributed by atoms with Crippen LogP contribution in [0.4, 0.5) is 0 Å². The zero-order valence-corrected chi connectivity index (χ0v) is 12.4. The summed E-state index contributed by atoms with van der Waals surface area (Å²) >= 11 is 0. The van der Waals surface area contributed by atoms with Crippen LogP contribution in [0.3, 0.4) is 0 Å². The molecule has 1 unspecified atom stereocenters. The number of hydrogen-bond acceptors (Lipinski definition) is 2. The maximum atomic E-state index is 12.1. The predicted molar refractivity (Wildman–Crippen MR) is 91.6 cm³/mol. The average Bonchev–Trinajstić information content (AvgIpc) is 2.59. The number of ketones is 1. The van der Waals surface area contributed by atoms with Crippen molar-refractivity contribution in [2.75, 3.05) is 0 Å². The largest absolute Gasteiger partial charge is 0.288 e. The molecule has 0 aliphatic heterocycles. The van der Waals surface area contributed by atoms with Crippen LogP contribution in [0.25, 0.3) is 10.8 Å². The van der Waals surface area contributed by atoms with E-state index < -0.39 is 0 Å². The van der Waals surface area contributed by atoms with Crippen LogP contribution >= 0.6 is 0 Å². The Morgan fingerprint density at radius 3 is 2.41 bits per heavy atom. The van der Waals surface area contributed by atoms with Gasteiger partial charge in [-0.05, 0) is 23.3 Å². The monoisotopic (exact) mass is 287 g/mol. The van der Waals surface area contributed by atoms with Crippen LogP contribution in [0.1, 0.15) is 28.9 Å². The molecule has 0 aliphatic rings. The van der Waals surface area contributed by atoms with Crippen LogP contribution in [0.2, 0.25) is 0 Å². The zero-order chi connectivity index (χ0) is 15.4.